The number of carbonyl (C=O) groups excluding carboxylic acids is 3. The van der Waals surface area contributed by atoms with Gasteiger partial charge in [0.15, 0.2) is 0 Å². The summed E-state index contributed by atoms with van der Waals surface area (Å²) in [4.78, 5) is 44.8. The maximum absolute atomic E-state index is 13.5. The number of likely N-dealkylation sites (tertiary alicyclic amines) is 1. The number of nitrogens with zero attached hydrogens (tertiary/aromatic N) is 2. The first-order valence-corrected chi connectivity index (χ1v) is 13.2. The molecule has 1 aromatic carbocycles. The average molecular weight is 541 g/mol. The number of rotatable bonds is 8. The molecule has 0 aliphatic carbocycles. The van der Waals surface area contributed by atoms with Gasteiger partial charge < -0.3 is 30.5 Å². The van der Waals surface area contributed by atoms with Crippen LogP contribution in [0.15, 0.2) is 42.6 Å². The molecule has 3 rings (SSSR count). The summed E-state index contributed by atoms with van der Waals surface area (Å²) in [5.74, 6) is -1.27. The number of benzene rings is 1. The molecule has 4 atom stereocenters. The molecule has 0 bridgehead atoms. The lowest BCUT2D eigenvalue weighted by Crippen LogP contribution is -2.56. The molecule has 1 aliphatic heterocycles. The first-order valence-electron chi connectivity index (χ1n) is 13.2. The van der Waals surface area contributed by atoms with Gasteiger partial charge >= 0.3 is 6.09 Å². The van der Waals surface area contributed by atoms with E-state index in [-0.39, 0.29) is 25.5 Å². The Kier molecular flexibility index (Phi) is 9.68. The fourth-order valence-corrected chi connectivity index (χ4v) is 4.62. The molecular formula is C29H40N4O6. The molecule has 3 amide bonds. The Morgan fingerprint density at radius 3 is 2.36 bits per heavy atom. The van der Waals surface area contributed by atoms with Crippen LogP contribution in [0.5, 0.6) is 0 Å². The molecule has 212 valence electrons. The molecule has 0 spiro atoms. The van der Waals surface area contributed by atoms with Crippen molar-refractivity contribution < 1.29 is 29.3 Å². The highest BCUT2D eigenvalue weighted by Gasteiger charge is 2.43. The fourth-order valence-electron chi connectivity index (χ4n) is 4.62. The summed E-state index contributed by atoms with van der Waals surface area (Å²) in [6.45, 7) is 10.3. The number of aromatic nitrogens is 1. The normalized spacial score (nSPS) is 18.9. The van der Waals surface area contributed by atoms with Crippen molar-refractivity contribution in [2.45, 2.75) is 77.8 Å². The van der Waals surface area contributed by atoms with Crippen LogP contribution in [0.25, 0.3) is 11.1 Å². The Hall–Kier alpha value is -3.50. The maximum atomic E-state index is 13.5. The van der Waals surface area contributed by atoms with Crippen molar-refractivity contribution in [2.24, 2.45) is 5.92 Å². The largest absolute Gasteiger partial charge is 0.444 e. The number of amides is 3. The van der Waals surface area contributed by atoms with E-state index in [0.29, 0.717) is 5.56 Å². The monoisotopic (exact) mass is 540 g/mol. The van der Waals surface area contributed by atoms with Crippen molar-refractivity contribution in [3.8, 4) is 11.1 Å². The van der Waals surface area contributed by atoms with Crippen LogP contribution < -0.4 is 10.6 Å². The second-order valence-corrected chi connectivity index (χ2v) is 11.3. The number of nitrogens with one attached hydrogen (secondary N) is 2. The van der Waals surface area contributed by atoms with Crippen molar-refractivity contribution in [2.75, 3.05) is 13.2 Å². The van der Waals surface area contributed by atoms with Crippen LogP contribution in [0.1, 0.15) is 58.3 Å². The number of carbonyl (C=O) groups is 3. The van der Waals surface area contributed by atoms with Crippen LogP contribution in [0, 0.1) is 12.8 Å². The number of hydrogen-bond donors (Lipinski definition) is 4. The van der Waals surface area contributed by atoms with Gasteiger partial charge in [0.05, 0.1) is 18.8 Å². The molecule has 1 aliphatic rings. The van der Waals surface area contributed by atoms with Crippen molar-refractivity contribution in [1.82, 2.24) is 20.5 Å². The smallest absolute Gasteiger partial charge is 0.408 e. The summed E-state index contributed by atoms with van der Waals surface area (Å²) in [5.41, 5.74) is 2.79. The molecule has 1 fully saturated rings. The summed E-state index contributed by atoms with van der Waals surface area (Å²) in [5, 5.41) is 25.9. The van der Waals surface area contributed by atoms with Gasteiger partial charge in [0.2, 0.25) is 11.8 Å². The Labute approximate surface area is 229 Å². The SMILES string of the molecule is Cc1ncccc1-c1ccc([C@H](CO)NC(=O)[C@@H]2C[C@@H](O)CN2C(=O)[C@@H](NC(=O)OC(C)(C)C)C(C)C)cc1. The Bertz CT molecular complexity index is 1160. The standard InChI is InChI=1S/C29H40N4O6/c1-17(2)25(32-28(38)39-29(4,5)6)27(37)33-15-21(35)14-24(33)26(36)31-23(16-34)20-11-9-19(10-12-20)22-8-7-13-30-18(22)3/h7-13,17,21,23-25,34-35H,14-16H2,1-6H3,(H,31,36)(H,32,38)/t21-,23+,24+,25+/m1/s1. The minimum atomic E-state index is -0.958. The summed E-state index contributed by atoms with van der Waals surface area (Å²) < 4.78 is 5.31. The van der Waals surface area contributed by atoms with Gasteiger partial charge in [-0.05, 0) is 50.8 Å². The number of aryl methyl sites for hydroxylation is 1. The molecule has 0 unspecified atom stereocenters. The Morgan fingerprint density at radius 2 is 1.79 bits per heavy atom. The first-order chi connectivity index (χ1) is 18.3. The van der Waals surface area contributed by atoms with Crippen LogP contribution in [-0.4, -0.2) is 74.9 Å². The molecule has 4 N–H and O–H groups in total. The zero-order valence-electron chi connectivity index (χ0n) is 23.5. The number of aliphatic hydroxyl groups excluding tert-OH is 2. The summed E-state index contributed by atoms with van der Waals surface area (Å²) in [6.07, 6.45) is 0.149. The van der Waals surface area contributed by atoms with E-state index in [1.165, 1.54) is 4.90 Å². The molecule has 0 radical (unpaired) electrons. The first kappa shape index (κ1) is 30.0. The molecule has 39 heavy (non-hydrogen) atoms. The molecule has 10 heteroatoms. The van der Waals surface area contributed by atoms with Gasteiger partial charge in [-0.1, -0.05) is 44.2 Å². The highest BCUT2D eigenvalue weighted by molar-refractivity contribution is 5.92. The lowest BCUT2D eigenvalue weighted by atomic mass is 9.99. The summed E-state index contributed by atoms with van der Waals surface area (Å²) >= 11 is 0. The van der Waals surface area contributed by atoms with Crippen LogP contribution >= 0.6 is 0 Å². The quantitative estimate of drug-likeness (QED) is 0.403. The summed E-state index contributed by atoms with van der Waals surface area (Å²) in [7, 11) is 0. The van der Waals surface area contributed by atoms with E-state index in [1.807, 2.05) is 43.3 Å². The highest BCUT2D eigenvalue weighted by Crippen LogP contribution is 2.26. The van der Waals surface area contributed by atoms with Crippen LogP contribution in [0.2, 0.25) is 0 Å². The van der Waals surface area contributed by atoms with E-state index in [1.54, 1.807) is 40.8 Å². The average Bonchev–Trinajstić information content (AvgIpc) is 3.26. The lowest BCUT2D eigenvalue weighted by Gasteiger charge is -2.31. The third-order valence-corrected chi connectivity index (χ3v) is 6.60. The topological polar surface area (TPSA) is 141 Å². The molecular weight excluding hydrogens is 500 g/mol. The van der Waals surface area contributed by atoms with Gasteiger partial charge in [0.25, 0.3) is 0 Å². The number of β-amino-alcohol motifs (C(OH)–C–C–N with tert-alkyl or cyclic N) is 1. The molecule has 2 heterocycles. The van der Waals surface area contributed by atoms with Crippen LogP contribution in [0.3, 0.4) is 0 Å². The highest BCUT2D eigenvalue weighted by atomic mass is 16.6. The third kappa shape index (κ3) is 7.77. The number of alkyl carbamates (subject to hydrolysis) is 1. The predicted molar refractivity (Wildman–Crippen MR) is 146 cm³/mol. The Balaban J connectivity index is 1.74. The van der Waals surface area contributed by atoms with Crippen molar-refractivity contribution >= 4 is 17.9 Å². The van der Waals surface area contributed by atoms with Gasteiger partial charge in [-0.15, -0.1) is 0 Å². The summed E-state index contributed by atoms with van der Waals surface area (Å²) in [6, 6.07) is 8.68. The van der Waals surface area contributed by atoms with Crippen LogP contribution in [-0.2, 0) is 14.3 Å². The van der Waals surface area contributed by atoms with E-state index in [2.05, 4.69) is 15.6 Å². The molecule has 10 nitrogen and oxygen atoms in total. The van der Waals surface area contributed by atoms with Gasteiger partial charge in [0, 0.05) is 30.4 Å². The molecule has 0 saturated carbocycles. The minimum absolute atomic E-state index is 0.0426. The molecule has 2 aromatic rings. The third-order valence-electron chi connectivity index (χ3n) is 6.60. The maximum Gasteiger partial charge on any atom is 0.408 e. The van der Waals surface area contributed by atoms with Crippen molar-refractivity contribution in [3.63, 3.8) is 0 Å². The Morgan fingerprint density at radius 1 is 1.13 bits per heavy atom. The lowest BCUT2D eigenvalue weighted by molar-refractivity contribution is -0.141. The van der Waals surface area contributed by atoms with E-state index >= 15 is 0 Å². The zero-order valence-corrected chi connectivity index (χ0v) is 23.5. The van der Waals surface area contributed by atoms with Gasteiger partial charge in [0.1, 0.15) is 17.7 Å². The second kappa shape index (κ2) is 12.6. The van der Waals surface area contributed by atoms with Crippen molar-refractivity contribution in [3.05, 3.63) is 53.9 Å². The van der Waals surface area contributed by atoms with Gasteiger partial charge in [-0.2, -0.15) is 0 Å². The fraction of sp³-hybridized carbons (Fsp3) is 0.517. The predicted octanol–water partition coefficient (Wildman–Crippen LogP) is 2.72. The number of hydrogen-bond acceptors (Lipinski definition) is 7. The van der Waals surface area contributed by atoms with E-state index in [0.717, 1.165) is 16.8 Å². The van der Waals surface area contributed by atoms with Crippen molar-refractivity contribution in [1.29, 1.82) is 0 Å². The van der Waals surface area contributed by atoms with E-state index in [9.17, 15) is 24.6 Å². The number of ether oxygens (including phenoxy) is 1. The minimum Gasteiger partial charge on any atom is -0.444 e. The van der Waals surface area contributed by atoms with Gasteiger partial charge in [-0.25, -0.2) is 4.79 Å². The molecule has 1 aromatic heterocycles. The number of pyridine rings is 1. The van der Waals surface area contributed by atoms with E-state index in [4.69, 9.17) is 4.74 Å². The second-order valence-electron chi connectivity index (χ2n) is 11.3. The van der Waals surface area contributed by atoms with Gasteiger partial charge in [-0.3, -0.25) is 14.6 Å². The number of aliphatic hydroxyl groups is 2. The van der Waals surface area contributed by atoms with Crippen LogP contribution in [0.4, 0.5) is 4.79 Å². The zero-order chi connectivity index (χ0) is 28.9. The molecule has 1 saturated heterocycles. The van der Waals surface area contributed by atoms with E-state index < -0.39 is 47.7 Å².